The van der Waals surface area contributed by atoms with Crippen LogP contribution in [0.1, 0.15) is 63.6 Å². The van der Waals surface area contributed by atoms with Crippen molar-refractivity contribution in [1.29, 1.82) is 0 Å². The number of nitrogens with two attached hydrogens (primary N) is 1. The SMILES string of the molecule is CC.CC(C)(C)OC(N)=O.Cc1c(F)cncc1NC(=O)CC(c1ccc(F)cc1)c1ccc(F)cc1. The molecule has 0 saturated heterocycles. The molecule has 0 bridgehead atoms. The molecule has 6 nitrogen and oxygen atoms in total. The smallest absolute Gasteiger partial charge is 0.405 e. The van der Waals surface area contributed by atoms with Gasteiger partial charge in [-0.15, -0.1) is 0 Å². The zero-order valence-electron chi connectivity index (χ0n) is 21.9. The summed E-state index contributed by atoms with van der Waals surface area (Å²) < 4.78 is 44.7. The lowest BCUT2D eigenvalue weighted by molar-refractivity contribution is -0.116. The third-order valence-corrected chi connectivity index (χ3v) is 4.77. The van der Waals surface area contributed by atoms with Gasteiger partial charge < -0.3 is 15.8 Å². The van der Waals surface area contributed by atoms with E-state index >= 15 is 0 Å². The molecule has 0 aliphatic rings. The summed E-state index contributed by atoms with van der Waals surface area (Å²) in [5, 5.41) is 2.65. The Balaban J connectivity index is 0.000000586. The molecular weight excluding hydrogens is 483 g/mol. The van der Waals surface area contributed by atoms with Crippen molar-refractivity contribution >= 4 is 17.7 Å². The number of carbonyl (C=O) groups excluding carboxylic acids is 2. The van der Waals surface area contributed by atoms with Gasteiger partial charge in [0.1, 0.15) is 23.1 Å². The van der Waals surface area contributed by atoms with Gasteiger partial charge in [-0.25, -0.2) is 18.0 Å². The first-order valence-electron chi connectivity index (χ1n) is 11.7. The molecule has 37 heavy (non-hydrogen) atoms. The van der Waals surface area contributed by atoms with Crippen LogP contribution in [0.5, 0.6) is 0 Å². The number of hydrogen-bond donors (Lipinski definition) is 2. The Kier molecular flexibility index (Phi) is 12.3. The zero-order chi connectivity index (χ0) is 28.2. The number of halogens is 3. The number of rotatable bonds is 5. The highest BCUT2D eigenvalue weighted by Gasteiger charge is 2.20. The summed E-state index contributed by atoms with van der Waals surface area (Å²) in [6, 6.07) is 11.6. The van der Waals surface area contributed by atoms with E-state index in [1.165, 1.54) is 30.5 Å². The van der Waals surface area contributed by atoms with Crippen molar-refractivity contribution in [2.45, 2.75) is 59.5 Å². The Morgan fingerprint density at radius 1 is 0.919 bits per heavy atom. The van der Waals surface area contributed by atoms with E-state index in [1.54, 1.807) is 52.0 Å². The molecule has 0 saturated carbocycles. The topological polar surface area (TPSA) is 94.3 Å². The number of hydrogen-bond acceptors (Lipinski definition) is 4. The van der Waals surface area contributed by atoms with Gasteiger partial charge in [0.2, 0.25) is 5.91 Å². The molecule has 0 radical (unpaired) electrons. The van der Waals surface area contributed by atoms with Crippen molar-refractivity contribution in [2.24, 2.45) is 5.73 Å². The number of amides is 2. The van der Waals surface area contributed by atoms with Crippen LogP contribution in [0, 0.1) is 24.4 Å². The van der Waals surface area contributed by atoms with E-state index in [-0.39, 0.29) is 29.6 Å². The molecule has 3 N–H and O–H groups in total. The summed E-state index contributed by atoms with van der Waals surface area (Å²) in [6.45, 7) is 10.8. The van der Waals surface area contributed by atoms with Crippen LogP contribution in [0.2, 0.25) is 0 Å². The third-order valence-electron chi connectivity index (χ3n) is 4.77. The third kappa shape index (κ3) is 11.2. The van der Waals surface area contributed by atoms with Crippen molar-refractivity contribution in [1.82, 2.24) is 4.98 Å². The molecule has 0 spiro atoms. The van der Waals surface area contributed by atoms with Crippen LogP contribution >= 0.6 is 0 Å². The summed E-state index contributed by atoms with van der Waals surface area (Å²) in [7, 11) is 0. The van der Waals surface area contributed by atoms with Gasteiger partial charge in [0, 0.05) is 17.9 Å². The summed E-state index contributed by atoms with van der Waals surface area (Å²) >= 11 is 0. The molecule has 3 rings (SSSR count). The summed E-state index contributed by atoms with van der Waals surface area (Å²) in [5.74, 6) is -2.05. The molecule has 0 aliphatic heterocycles. The number of carbonyl (C=O) groups is 2. The van der Waals surface area contributed by atoms with Crippen molar-refractivity contribution < 1.29 is 27.5 Å². The Labute approximate surface area is 216 Å². The lowest BCUT2D eigenvalue weighted by Gasteiger charge is -2.18. The van der Waals surface area contributed by atoms with Crippen molar-refractivity contribution in [3.8, 4) is 0 Å². The number of nitrogens with one attached hydrogen (secondary N) is 1. The fourth-order valence-electron chi connectivity index (χ4n) is 3.13. The second-order valence-electron chi connectivity index (χ2n) is 8.74. The van der Waals surface area contributed by atoms with Crippen molar-refractivity contribution in [2.75, 3.05) is 5.32 Å². The number of nitrogens with zero attached hydrogens (tertiary/aromatic N) is 1. The molecule has 0 atom stereocenters. The van der Waals surface area contributed by atoms with E-state index in [2.05, 4.69) is 15.0 Å². The van der Waals surface area contributed by atoms with Gasteiger partial charge in [-0.3, -0.25) is 9.78 Å². The fraction of sp³-hybridized carbons (Fsp3) is 0.321. The number of anilines is 1. The van der Waals surface area contributed by atoms with E-state index in [1.807, 2.05) is 13.8 Å². The highest BCUT2D eigenvalue weighted by Crippen LogP contribution is 2.29. The van der Waals surface area contributed by atoms with Gasteiger partial charge in [-0.1, -0.05) is 38.1 Å². The minimum absolute atomic E-state index is 0.0210. The summed E-state index contributed by atoms with van der Waals surface area (Å²) in [6.07, 6.45) is 1.75. The largest absolute Gasteiger partial charge is 0.444 e. The van der Waals surface area contributed by atoms with Crippen LogP contribution < -0.4 is 11.1 Å². The average Bonchev–Trinajstić information content (AvgIpc) is 2.82. The van der Waals surface area contributed by atoms with E-state index in [0.29, 0.717) is 16.7 Å². The first-order valence-corrected chi connectivity index (χ1v) is 11.7. The van der Waals surface area contributed by atoms with Crippen LogP contribution in [-0.4, -0.2) is 22.6 Å². The van der Waals surface area contributed by atoms with Gasteiger partial charge in [0.15, 0.2) is 0 Å². The number of benzene rings is 2. The van der Waals surface area contributed by atoms with Crippen LogP contribution in [0.3, 0.4) is 0 Å². The second kappa shape index (κ2) is 14.6. The zero-order valence-corrected chi connectivity index (χ0v) is 21.9. The summed E-state index contributed by atoms with van der Waals surface area (Å²) in [4.78, 5) is 26.3. The normalized spacial score (nSPS) is 10.4. The number of aromatic nitrogens is 1. The fourth-order valence-corrected chi connectivity index (χ4v) is 3.13. The van der Waals surface area contributed by atoms with Crippen molar-refractivity contribution in [3.63, 3.8) is 0 Å². The van der Waals surface area contributed by atoms with Crippen LogP contribution in [-0.2, 0) is 9.53 Å². The molecule has 1 aromatic heterocycles. The lowest BCUT2D eigenvalue weighted by Crippen LogP contribution is -2.27. The molecule has 0 unspecified atom stereocenters. The van der Waals surface area contributed by atoms with E-state index < -0.39 is 23.4 Å². The highest BCUT2D eigenvalue weighted by molar-refractivity contribution is 5.92. The Morgan fingerprint density at radius 3 is 1.76 bits per heavy atom. The van der Waals surface area contributed by atoms with Gasteiger partial charge in [0.25, 0.3) is 0 Å². The maximum absolute atomic E-state index is 13.6. The maximum Gasteiger partial charge on any atom is 0.405 e. The first-order chi connectivity index (χ1) is 17.4. The van der Waals surface area contributed by atoms with E-state index in [0.717, 1.165) is 6.20 Å². The van der Waals surface area contributed by atoms with Gasteiger partial charge in [-0.05, 0) is 63.1 Å². The first kappa shape index (κ1) is 31.2. The minimum atomic E-state index is -0.725. The Hall–Kier alpha value is -3.88. The maximum atomic E-state index is 13.6. The van der Waals surface area contributed by atoms with E-state index in [4.69, 9.17) is 5.73 Å². The molecule has 2 aromatic carbocycles. The molecule has 2 amide bonds. The molecule has 0 fully saturated rings. The monoisotopic (exact) mass is 517 g/mol. The quantitative estimate of drug-likeness (QED) is 0.386. The number of pyridine rings is 1. The number of ether oxygens (including phenoxy) is 1. The minimum Gasteiger partial charge on any atom is -0.444 e. The van der Waals surface area contributed by atoms with Gasteiger partial charge in [-0.2, -0.15) is 0 Å². The predicted octanol–water partition coefficient (Wildman–Crippen LogP) is 6.87. The average molecular weight is 518 g/mol. The van der Waals surface area contributed by atoms with E-state index in [9.17, 15) is 22.8 Å². The summed E-state index contributed by atoms with van der Waals surface area (Å²) in [5.41, 5.74) is 6.27. The van der Waals surface area contributed by atoms with Crippen LogP contribution in [0.25, 0.3) is 0 Å². The highest BCUT2D eigenvalue weighted by atomic mass is 19.1. The number of primary amides is 1. The molecule has 0 aliphatic carbocycles. The Morgan fingerprint density at radius 2 is 1.38 bits per heavy atom. The van der Waals surface area contributed by atoms with Gasteiger partial charge >= 0.3 is 6.09 Å². The molecule has 3 aromatic rings. The van der Waals surface area contributed by atoms with Crippen LogP contribution in [0.4, 0.5) is 23.7 Å². The Bertz CT molecular complexity index is 1100. The molecule has 1 heterocycles. The van der Waals surface area contributed by atoms with Crippen molar-refractivity contribution in [3.05, 3.63) is 95.1 Å². The standard InChI is InChI=1S/C21H17F3N2O.C5H11NO2.C2H6/c1-13-19(24)11-25-12-20(13)26-21(27)10-18(14-2-6-16(22)7-3-14)15-4-8-17(23)9-5-15;1-5(2,3)8-4(6)7;1-2/h2-9,11-12,18H,10H2,1H3,(H,26,27);1-3H3,(H2,6,7);1-2H3. The molecular formula is C28H34F3N3O3. The lowest BCUT2D eigenvalue weighted by atomic mass is 9.88. The second-order valence-corrected chi connectivity index (χ2v) is 8.74. The molecule has 200 valence electrons. The van der Waals surface area contributed by atoms with Gasteiger partial charge in [0.05, 0.1) is 18.1 Å². The van der Waals surface area contributed by atoms with Crippen LogP contribution in [0.15, 0.2) is 60.9 Å². The molecule has 9 heteroatoms. The predicted molar refractivity (Wildman–Crippen MR) is 139 cm³/mol.